The first-order valence-electron chi connectivity index (χ1n) is 28.4. The normalized spacial score (nSPS) is 19.4. The van der Waals surface area contributed by atoms with Gasteiger partial charge in [0.25, 0.3) is 0 Å². The molecule has 4 N–H and O–H groups in total. The van der Waals surface area contributed by atoms with Gasteiger partial charge in [-0.05, 0) is 70.6 Å². The summed E-state index contributed by atoms with van der Waals surface area (Å²) in [6.07, 6.45) is 51.5. The van der Waals surface area contributed by atoms with Gasteiger partial charge in [0.1, 0.15) is 30.5 Å². The van der Waals surface area contributed by atoms with Gasteiger partial charge in [-0.2, -0.15) is 8.42 Å². The zero-order chi connectivity index (χ0) is 51.0. The van der Waals surface area contributed by atoms with Crippen molar-refractivity contribution >= 4 is 16.4 Å². The number of esters is 1. The number of ether oxygens (including phenoxy) is 4. The van der Waals surface area contributed by atoms with Crippen LogP contribution in [0.2, 0.25) is 0 Å². The molecule has 410 valence electrons. The highest BCUT2D eigenvalue weighted by atomic mass is 32.3. The third-order valence-electron chi connectivity index (χ3n) is 12.9. The lowest BCUT2D eigenvalue weighted by atomic mass is 9.99. The molecule has 70 heavy (non-hydrogen) atoms. The lowest BCUT2D eigenvalue weighted by molar-refractivity contribution is -0.301. The van der Waals surface area contributed by atoms with Crippen LogP contribution in [0, 0.1) is 0 Å². The Kier molecular flexibility index (Phi) is 45.3. The maximum absolute atomic E-state index is 12.9. The van der Waals surface area contributed by atoms with Gasteiger partial charge in [-0.3, -0.25) is 9.35 Å². The van der Waals surface area contributed by atoms with Crippen molar-refractivity contribution in [1.82, 2.24) is 0 Å². The minimum Gasteiger partial charge on any atom is -0.457 e. The number of aliphatic hydroxyl groups excluding tert-OH is 3. The first kappa shape index (κ1) is 66.1. The van der Waals surface area contributed by atoms with E-state index in [-0.39, 0.29) is 19.6 Å². The average Bonchev–Trinajstić information content (AvgIpc) is 3.34. The van der Waals surface area contributed by atoms with Crippen LogP contribution in [-0.4, -0.2) is 97.5 Å². The Balaban J connectivity index is 2.28. The molecule has 1 rings (SSSR count). The van der Waals surface area contributed by atoms with E-state index in [9.17, 15) is 33.1 Å². The molecule has 0 aliphatic carbocycles. The van der Waals surface area contributed by atoms with Crippen molar-refractivity contribution in [3.05, 3.63) is 48.6 Å². The van der Waals surface area contributed by atoms with Crippen LogP contribution in [0.1, 0.15) is 245 Å². The predicted molar refractivity (Wildman–Crippen MR) is 285 cm³/mol. The van der Waals surface area contributed by atoms with Gasteiger partial charge in [0.2, 0.25) is 0 Å². The van der Waals surface area contributed by atoms with E-state index in [2.05, 4.69) is 66.6 Å². The van der Waals surface area contributed by atoms with Crippen molar-refractivity contribution in [2.75, 3.05) is 26.4 Å². The third kappa shape index (κ3) is 40.5. The molecule has 1 fully saturated rings. The van der Waals surface area contributed by atoms with Crippen LogP contribution in [0.25, 0.3) is 0 Å². The molecule has 1 saturated heterocycles. The van der Waals surface area contributed by atoms with Gasteiger partial charge < -0.3 is 34.3 Å². The van der Waals surface area contributed by atoms with E-state index in [0.29, 0.717) is 13.0 Å². The fourth-order valence-electron chi connectivity index (χ4n) is 8.68. The van der Waals surface area contributed by atoms with Crippen molar-refractivity contribution in [2.24, 2.45) is 0 Å². The first-order chi connectivity index (χ1) is 34.1. The molecule has 0 aromatic rings. The summed E-state index contributed by atoms with van der Waals surface area (Å²) in [5.41, 5.74) is 0. The van der Waals surface area contributed by atoms with Crippen LogP contribution < -0.4 is 0 Å². The Hall–Kier alpha value is -1.94. The maximum atomic E-state index is 12.9. The second kappa shape index (κ2) is 48.0. The smallest absolute Gasteiger partial charge is 0.397 e. The number of unbranched alkanes of at least 4 members (excludes halogenated alkanes) is 29. The van der Waals surface area contributed by atoms with Crippen LogP contribution in [0.4, 0.5) is 0 Å². The Morgan fingerprint density at radius 2 is 0.986 bits per heavy atom. The Bertz CT molecular complexity index is 1400. The third-order valence-corrected chi connectivity index (χ3v) is 13.4. The zero-order valence-corrected chi connectivity index (χ0v) is 45.1. The Labute approximate surface area is 427 Å². The van der Waals surface area contributed by atoms with E-state index in [1.54, 1.807) is 0 Å². The second-order valence-electron chi connectivity index (χ2n) is 19.5. The largest absolute Gasteiger partial charge is 0.457 e. The summed E-state index contributed by atoms with van der Waals surface area (Å²) < 4.78 is 59.4. The van der Waals surface area contributed by atoms with Crippen molar-refractivity contribution in [2.45, 2.75) is 282 Å². The van der Waals surface area contributed by atoms with E-state index >= 15 is 0 Å². The van der Waals surface area contributed by atoms with Gasteiger partial charge in [-0.25, -0.2) is 4.18 Å². The fourth-order valence-corrected chi connectivity index (χ4v) is 9.19. The summed E-state index contributed by atoms with van der Waals surface area (Å²) >= 11 is 0. The van der Waals surface area contributed by atoms with E-state index in [1.165, 1.54) is 148 Å². The summed E-state index contributed by atoms with van der Waals surface area (Å²) in [6, 6.07) is 0. The SMILES string of the molecule is CC/C=C\C/C=C\C/C=C\CCCCCCCCCC(=O)OC(COCCCCCCCCCCCCCCCC/C=C\CCCCCCCCCC)COC1OC(CO)C(O)C(OS(=O)(=O)O)C1O. The molecule has 0 amide bonds. The molecule has 6 unspecified atom stereocenters. The molecule has 0 bridgehead atoms. The van der Waals surface area contributed by atoms with E-state index in [4.69, 9.17) is 18.9 Å². The molecule has 0 saturated carbocycles. The molecule has 1 heterocycles. The molecule has 0 radical (unpaired) electrons. The Morgan fingerprint density at radius 1 is 0.557 bits per heavy atom. The quantitative estimate of drug-likeness (QED) is 0.0196. The minimum atomic E-state index is -5.07. The zero-order valence-electron chi connectivity index (χ0n) is 44.3. The molecule has 1 aliphatic heterocycles. The summed E-state index contributed by atoms with van der Waals surface area (Å²) in [5.74, 6) is -0.407. The number of hydrogen-bond acceptors (Lipinski definition) is 11. The van der Waals surface area contributed by atoms with Gasteiger partial charge in [-0.15, -0.1) is 0 Å². The fraction of sp³-hybridized carbons (Fsp3) is 0.842. The molecule has 6 atom stereocenters. The molecular formula is C57H104O12S. The summed E-state index contributed by atoms with van der Waals surface area (Å²) in [4.78, 5) is 12.9. The number of carbonyl (C=O) groups excluding carboxylic acids is 1. The number of allylic oxidation sites excluding steroid dienone is 8. The number of carbonyl (C=O) groups is 1. The van der Waals surface area contributed by atoms with Crippen LogP contribution in [0.15, 0.2) is 48.6 Å². The van der Waals surface area contributed by atoms with Crippen molar-refractivity contribution in [1.29, 1.82) is 0 Å². The molecule has 12 nitrogen and oxygen atoms in total. The van der Waals surface area contributed by atoms with Crippen molar-refractivity contribution in [3.8, 4) is 0 Å². The standard InChI is InChI=1S/C57H104O12S/c1-3-5-7-9-11-13-15-17-19-21-22-23-24-25-26-27-28-29-31-33-35-37-39-41-43-45-47-65-49-51(50-66-57-55(61)56(69-70(62,63)64)54(60)52(48-58)68-57)67-53(59)46-44-42-40-38-36-34-32-30-20-18-16-14-12-10-8-6-4-2/h6,8,12,14,18,20-22,51-52,54-58,60-61H,3-5,7,9-11,13,15-17,19,23-50H2,1-2H3,(H,62,63,64)/b8-6-,14-12-,20-18-,22-21-. The van der Waals surface area contributed by atoms with Crippen molar-refractivity contribution in [3.63, 3.8) is 0 Å². The first-order valence-corrected chi connectivity index (χ1v) is 29.8. The summed E-state index contributed by atoms with van der Waals surface area (Å²) in [7, 11) is -5.07. The Morgan fingerprint density at radius 3 is 1.46 bits per heavy atom. The summed E-state index contributed by atoms with van der Waals surface area (Å²) in [6.45, 7) is 3.90. The van der Waals surface area contributed by atoms with Crippen LogP contribution in [0.3, 0.4) is 0 Å². The van der Waals surface area contributed by atoms with E-state index in [1.807, 2.05) is 0 Å². The number of hydrogen-bond donors (Lipinski definition) is 4. The second-order valence-corrected chi connectivity index (χ2v) is 20.5. The number of aliphatic hydroxyl groups is 3. The number of rotatable bonds is 50. The minimum absolute atomic E-state index is 0.0326. The maximum Gasteiger partial charge on any atom is 0.397 e. The van der Waals surface area contributed by atoms with E-state index in [0.717, 1.165) is 70.6 Å². The van der Waals surface area contributed by atoms with Crippen molar-refractivity contribution < 1.29 is 56.2 Å². The molecule has 1 aliphatic rings. The van der Waals surface area contributed by atoms with Gasteiger partial charge in [0, 0.05) is 13.0 Å². The van der Waals surface area contributed by atoms with Gasteiger partial charge in [0.05, 0.1) is 19.8 Å². The summed E-state index contributed by atoms with van der Waals surface area (Å²) in [5, 5.41) is 30.8. The average molecular weight is 1010 g/mol. The van der Waals surface area contributed by atoms with Gasteiger partial charge in [-0.1, -0.05) is 217 Å². The predicted octanol–water partition coefficient (Wildman–Crippen LogP) is 13.9. The van der Waals surface area contributed by atoms with Gasteiger partial charge >= 0.3 is 16.4 Å². The molecule has 0 aromatic heterocycles. The van der Waals surface area contributed by atoms with E-state index < -0.39 is 59.8 Å². The molecule has 0 spiro atoms. The topological polar surface area (TPSA) is 178 Å². The molecule has 13 heteroatoms. The monoisotopic (exact) mass is 1010 g/mol. The molecule has 0 aromatic carbocycles. The van der Waals surface area contributed by atoms with Gasteiger partial charge in [0.15, 0.2) is 6.29 Å². The van der Waals surface area contributed by atoms with Crippen LogP contribution >= 0.6 is 0 Å². The molecular weight excluding hydrogens is 909 g/mol. The van der Waals surface area contributed by atoms with Crippen LogP contribution in [-0.2, 0) is 38.3 Å². The van der Waals surface area contributed by atoms with Crippen LogP contribution in [0.5, 0.6) is 0 Å². The lowest BCUT2D eigenvalue weighted by Crippen LogP contribution is -2.60. The lowest BCUT2D eigenvalue weighted by Gasteiger charge is -2.41. The highest BCUT2D eigenvalue weighted by molar-refractivity contribution is 7.80. The highest BCUT2D eigenvalue weighted by Gasteiger charge is 2.48. The highest BCUT2D eigenvalue weighted by Crippen LogP contribution is 2.26.